The number of rotatable bonds is 6. The Morgan fingerprint density at radius 3 is 2.24 bits per heavy atom. The third-order valence-corrected chi connectivity index (χ3v) is 4.57. The van der Waals surface area contributed by atoms with Crippen molar-refractivity contribution in [2.75, 3.05) is 5.32 Å². The summed E-state index contributed by atoms with van der Waals surface area (Å²) in [5.74, 6) is -0.124. The summed E-state index contributed by atoms with van der Waals surface area (Å²) in [6.45, 7) is 5.33. The molecule has 0 unspecified atom stereocenters. The number of quaternary nitrogens is 1. The molecule has 2 aromatic carbocycles. The average Bonchev–Trinajstić information content (AvgIpc) is 2.55. The summed E-state index contributed by atoms with van der Waals surface area (Å²) in [4.78, 5) is 23.7. The van der Waals surface area contributed by atoms with Crippen LogP contribution < -0.4 is 10.6 Å². The Morgan fingerprint density at radius 1 is 1.04 bits per heavy atom. The van der Waals surface area contributed by atoms with Gasteiger partial charge in [0.1, 0.15) is 6.04 Å². The maximum absolute atomic E-state index is 12.4. The number of hydrogen-bond acceptors (Lipinski definition) is 2. The fraction of sp³-hybridized carbons (Fsp3) is 0.263. The Bertz CT molecular complexity index is 775. The number of carbonyl (C=O) groups is 2. The lowest BCUT2D eigenvalue weighted by atomic mass is 10.1. The summed E-state index contributed by atoms with van der Waals surface area (Å²) >= 11 is 12.1. The molecule has 0 aliphatic rings. The molecule has 0 saturated heterocycles. The van der Waals surface area contributed by atoms with Crippen LogP contribution in [0.15, 0.2) is 42.5 Å². The Kier molecular flexibility index (Phi) is 6.59. The summed E-state index contributed by atoms with van der Waals surface area (Å²) in [5.41, 5.74) is 2.20. The van der Waals surface area contributed by atoms with Gasteiger partial charge in [0.2, 0.25) is 0 Å². The smallest absolute Gasteiger partial charge is 0.282 e. The molecule has 3 N–H and O–H groups in total. The van der Waals surface area contributed by atoms with Gasteiger partial charge in [0.05, 0.1) is 5.02 Å². The van der Waals surface area contributed by atoms with Crippen LogP contribution in [0.4, 0.5) is 5.69 Å². The Morgan fingerprint density at radius 2 is 1.68 bits per heavy atom. The number of halogens is 2. The van der Waals surface area contributed by atoms with Gasteiger partial charge in [-0.25, -0.2) is 0 Å². The molecule has 0 aromatic heterocycles. The minimum absolute atomic E-state index is 0.00519. The van der Waals surface area contributed by atoms with E-state index in [0.717, 1.165) is 5.56 Å². The fourth-order valence-corrected chi connectivity index (χ4v) is 3.12. The molecule has 0 spiro atoms. The van der Waals surface area contributed by atoms with Crippen molar-refractivity contribution in [1.82, 2.24) is 0 Å². The lowest BCUT2D eigenvalue weighted by molar-refractivity contribution is -0.709. The van der Waals surface area contributed by atoms with Gasteiger partial charge in [0, 0.05) is 21.8 Å². The third-order valence-electron chi connectivity index (χ3n) is 4.00. The van der Waals surface area contributed by atoms with E-state index >= 15 is 0 Å². The van der Waals surface area contributed by atoms with Gasteiger partial charge in [-0.15, -0.1) is 0 Å². The van der Waals surface area contributed by atoms with Gasteiger partial charge in [-0.2, -0.15) is 0 Å². The number of amides is 1. The highest BCUT2D eigenvalue weighted by molar-refractivity contribution is 6.35. The molecule has 132 valence electrons. The first-order chi connectivity index (χ1) is 11.8. The lowest BCUT2D eigenvalue weighted by Crippen LogP contribution is -2.91. The normalized spacial score (nSPS) is 13.2. The number of nitrogens with two attached hydrogens (primary N) is 1. The Balaban J connectivity index is 1.98. The molecule has 6 heteroatoms. The molecule has 0 fully saturated rings. The number of anilines is 1. The maximum Gasteiger partial charge on any atom is 0.282 e. The van der Waals surface area contributed by atoms with E-state index in [9.17, 15) is 9.59 Å². The molecule has 0 aliphatic heterocycles. The summed E-state index contributed by atoms with van der Waals surface area (Å²) in [6, 6.07) is 11.9. The molecule has 0 radical (unpaired) electrons. The van der Waals surface area contributed by atoms with Crippen LogP contribution in [0.2, 0.25) is 10.0 Å². The number of Topliss-reactive ketones (excluding diaryl/α,β-unsaturated/α-hetero) is 1. The number of nitrogens with one attached hydrogen (secondary N) is 1. The number of benzene rings is 2. The van der Waals surface area contributed by atoms with Gasteiger partial charge in [-0.05, 0) is 57.2 Å². The second-order valence-corrected chi connectivity index (χ2v) is 6.90. The zero-order valence-electron chi connectivity index (χ0n) is 14.3. The van der Waals surface area contributed by atoms with E-state index < -0.39 is 0 Å². The zero-order chi connectivity index (χ0) is 18.6. The van der Waals surface area contributed by atoms with Crippen LogP contribution in [0.1, 0.15) is 42.7 Å². The molecule has 0 bridgehead atoms. The predicted molar refractivity (Wildman–Crippen MR) is 101 cm³/mol. The molecule has 1 amide bonds. The monoisotopic (exact) mass is 379 g/mol. The third kappa shape index (κ3) is 5.30. The van der Waals surface area contributed by atoms with Crippen molar-refractivity contribution in [3.8, 4) is 0 Å². The van der Waals surface area contributed by atoms with E-state index in [4.69, 9.17) is 23.2 Å². The van der Waals surface area contributed by atoms with Gasteiger partial charge in [-0.3, -0.25) is 9.59 Å². The first-order valence-corrected chi connectivity index (χ1v) is 8.75. The van der Waals surface area contributed by atoms with Crippen LogP contribution in [0.25, 0.3) is 0 Å². The van der Waals surface area contributed by atoms with Crippen molar-refractivity contribution in [2.45, 2.75) is 32.9 Å². The van der Waals surface area contributed by atoms with E-state index in [1.54, 1.807) is 36.4 Å². The standard InChI is InChI=1S/C19H20Cl2N2O2/c1-11(17-9-6-15(20)10-18(17)21)22-12(2)19(25)23-16-7-4-14(5-8-16)13(3)24/h4-12,22H,1-3H3,(H,23,25)/p+1/t11-,12+/m0/s1. The number of carbonyl (C=O) groups excluding carboxylic acids is 2. The van der Waals surface area contributed by atoms with Gasteiger partial charge in [-0.1, -0.05) is 29.3 Å². The molecule has 0 heterocycles. The van der Waals surface area contributed by atoms with E-state index in [1.165, 1.54) is 6.92 Å². The first-order valence-electron chi connectivity index (χ1n) is 7.99. The summed E-state index contributed by atoms with van der Waals surface area (Å²) in [6.07, 6.45) is 0. The van der Waals surface area contributed by atoms with Crippen LogP contribution in [0.3, 0.4) is 0 Å². The summed E-state index contributed by atoms with van der Waals surface area (Å²) in [5, 5.41) is 5.96. The minimum Gasteiger partial charge on any atom is -0.330 e. The molecular formula is C19H21Cl2N2O2+. The molecule has 2 aromatic rings. The van der Waals surface area contributed by atoms with Crippen molar-refractivity contribution in [1.29, 1.82) is 0 Å². The van der Waals surface area contributed by atoms with E-state index in [2.05, 4.69) is 5.32 Å². The van der Waals surface area contributed by atoms with Crippen molar-refractivity contribution in [2.24, 2.45) is 0 Å². The molecule has 2 rings (SSSR count). The molecule has 25 heavy (non-hydrogen) atoms. The van der Waals surface area contributed by atoms with Crippen LogP contribution in [-0.4, -0.2) is 17.7 Å². The maximum atomic E-state index is 12.4. The van der Waals surface area contributed by atoms with E-state index in [0.29, 0.717) is 21.3 Å². The molecule has 0 aliphatic carbocycles. The highest BCUT2D eigenvalue weighted by atomic mass is 35.5. The molecular weight excluding hydrogens is 359 g/mol. The van der Waals surface area contributed by atoms with E-state index in [1.807, 2.05) is 25.2 Å². The molecule has 2 atom stereocenters. The summed E-state index contributed by atoms with van der Waals surface area (Å²) < 4.78 is 0. The number of ketones is 1. The van der Waals surface area contributed by atoms with Gasteiger partial charge in [0.25, 0.3) is 5.91 Å². The number of hydrogen-bond donors (Lipinski definition) is 2. The van der Waals surface area contributed by atoms with Gasteiger partial charge >= 0.3 is 0 Å². The van der Waals surface area contributed by atoms with Crippen molar-refractivity contribution < 1.29 is 14.9 Å². The highest BCUT2D eigenvalue weighted by Crippen LogP contribution is 2.24. The van der Waals surface area contributed by atoms with Crippen LogP contribution in [-0.2, 0) is 4.79 Å². The fourth-order valence-electron chi connectivity index (χ4n) is 2.54. The average molecular weight is 380 g/mol. The quantitative estimate of drug-likeness (QED) is 0.748. The Hall–Kier alpha value is -1.88. The minimum atomic E-state index is -0.311. The summed E-state index contributed by atoms with van der Waals surface area (Å²) in [7, 11) is 0. The molecule has 4 nitrogen and oxygen atoms in total. The first kappa shape index (κ1) is 19.4. The van der Waals surface area contributed by atoms with Gasteiger partial charge in [0.15, 0.2) is 11.8 Å². The lowest BCUT2D eigenvalue weighted by Gasteiger charge is -2.18. The van der Waals surface area contributed by atoms with Crippen molar-refractivity contribution in [3.63, 3.8) is 0 Å². The van der Waals surface area contributed by atoms with Crippen LogP contribution >= 0.6 is 23.2 Å². The van der Waals surface area contributed by atoms with Gasteiger partial charge < -0.3 is 10.6 Å². The van der Waals surface area contributed by atoms with E-state index in [-0.39, 0.29) is 23.8 Å². The van der Waals surface area contributed by atoms with Crippen molar-refractivity contribution in [3.05, 3.63) is 63.6 Å². The van der Waals surface area contributed by atoms with Crippen molar-refractivity contribution >= 4 is 40.6 Å². The van der Waals surface area contributed by atoms with Crippen LogP contribution in [0.5, 0.6) is 0 Å². The molecule has 0 saturated carbocycles. The predicted octanol–water partition coefficient (Wildman–Crippen LogP) is 3.85. The Labute approximate surface area is 157 Å². The topological polar surface area (TPSA) is 62.8 Å². The second-order valence-electron chi connectivity index (χ2n) is 6.06. The largest absolute Gasteiger partial charge is 0.330 e. The zero-order valence-corrected chi connectivity index (χ0v) is 15.9. The highest BCUT2D eigenvalue weighted by Gasteiger charge is 2.22. The van der Waals surface area contributed by atoms with Crippen LogP contribution in [0, 0.1) is 0 Å². The SMILES string of the molecule is CC(=O)c1ccc(NC(=O)[C@@H](C)[NH2+][C@@H](C)c2ccc(Cl)cc2Cl)cc1. The second kappa shape index (κ2) is 8.48.